The van der Waals surface area contributed by atoms with Gasteiger partial charge in [-0.3, -0.25) is 4.79 Å². The number of amides is 1. The summed E-state index contributed by atoms with van der Waals surface area (Å²) >= 11 is 5.32. The summed E-state index contributed by atoms with van der Waals surface area (Å²) < 4.78 is 0. The van der Waals surface area contributed by atoms with E-state index in [0.717, 1.165) is 22.5 Å². The fourth-order valence-electron chi connectivity index (χ4n) is 2.49. The molecule has 1 aliphatic heterocycles. The van der Waals surface area contributed by atoms with Gasteiger partial charge >= 0.3 is 0 Å². The first kappa shape index (κ1) is 15.2. The fraction of sp³-hybridized carbons (Fsp3) is 0.111. The number of anilines is 1. The van der Waals surface area contributed by atoms with Gasteiger partial charge in [0.15, 0.2) is 5.11 Å². The van der Waals surface area contributed by atoms with Crippen molar-refractivity contribution < 1.29 is 4.79 Å². The highest BCUT2D eigenvalue weighted by Crippen LogP contribution is 2.24. The second-order valence-corrected chi connectivity index (χ2v) is 5.73. The Morgan fingerprint density at radius 2 is 1.78 bits per heavy atom. The molecule has 5 heteroatoms. The van der Waals surface area contributed by atoms with Crippen molar-refractivity contribution in [3.8, 4) is 0 Å². The Kier molecular flexibility index (Phi) is 4.39. The van der Waals surface area contributed by atoms with E-state index < -0.39 is 0 Å². The maximum Gasteiger partial charge on any atom is 0.221 e. The molecule has 1 atom stereocenters. The van der Waals surface area contributed by atoms with Crippen LogP contribution in [0.1, 0.15) is 24.1 Å². The molecule has 0 radical (unpaired) electrons. The van der Waals surface area contributed by atoms with Crippen molar-refractivity contribution in [3.05, 3.63) is 71.8 Å². The molecule has 0 bridgehead atoms. The number of nitrogens with one attached hydrogen (secondary N) is 3. The predicted octanol–water partition coefficient (Wildman–Crippen LogP) is 3.20. The van der Waals surface area contributed by atoms with Gasteiger partial charge < -0.3 is 16.0 Å². The Morgan fingerprint density at radius 1 is 1.09 bits per heavy atom. The number of rotatable bonds is 3. The van der Waals surface area contributed by atoms with Crippen LogP contribution in [0.4, 0.5) is 5.69 Å². The predicted molar refractivity (Wildman–Crippen MR) is 96.8 cm³/mol. The van der Waals surface area contributed by atoms with Crippen LogP contribution in [0.3, 0.4) is 0 Å². The number of hydrogen-bond donors (Lipinski definition) is 3. The Bertz CT molecular complexity index is 754. The summed E-state index contributed by atoms with van der Waals surface area (Å²) in [5.74, 6) is -0.0785. The molecule has 23 heavy (non-hydrogen) atoms. The minimum absolute atomic E-state index is 0.00895. The molecule has 2 aromatic carbocycles. The van der Waals surface area contributed by atoms with Gasteiger partial charge in [-0.1, -0.05) is 42.5 Å². The first-order chi connectivity index (χ1) is 11.1. The molecule has 1 aliphatic rings. The van der Waals surface area contributed by atoms with Gasteiger partial charge in [-0.2, -0.15) is 0 Å². The SMILES string of the molecule is CC(=O)Nc1ccc([C@H]2C=C(c3ccccc3)NC(=S)N2)cc1. The van der Waals surface area contributed by atoms with Crippen LogP contribution in [-0.2, 0) is 4.79 Å². The lowest BCUT2D eigenvalue weighted by Crippen LogP contribution is -2.40. The summed E-state index contributed by atoms with van der Waals surface area (Å²) in [6.45, 7) is 1.50. The first-order valence-corrected chi connectivity index (χ1v) is 7.75. The largest absolute Gasteiger partial charge is 0.352 e. The van der Waals surface area contributed by atoms with Gasteiger partial charge in [0.1, 0.15) is 0 Å². The van der Waals surface area contributed by atoms with E-state index in [-0.39, 0.29) is 11.9 Å². The number of thiocarbonyl (C=S) groups is 1. The van der Waals surface area contributed by atoms with Crippen LogP contribution in [0.15, 0.2) is 60.7 Å². The summed E-state index contributed by atoms with van der Waals surface area (Å²) in [6.07, 6.45) is 2.11. The molecule has 0 unspecified atom stereocenters. The molecule has 0 spiro atoms. The van der Waals surface area contributed by atoms with Gasteiger partial charge in [0, 0.05) is 18.3 Å². The van der Waals surface area contributed by atoms with E-state index in [1.54, 1.807) is 0 Å². The molecule has 1 heterocycles. The second kappa shape index (κ2) is 6.62. The van der Waals surface area contributed by atoms with E-state index >= 15 is 0 Å². The van der Waals surface area contributed by atoms with Gasteiger partial charge in [0.25, 0.3) is 0 Å². The Morgan fingerprint density at radius 3 is 2.43 bits per heavy atom. The topological polar surface area (TPSA) is 53.2 Å². The van der Waals surface area contributed by atoms with Crippen LogP contribution >= 0.6 is 12.2 Å². The molecular weight excluding hydrogens is 306 g/mol. The number of benzene rings is 2. The summed E-state index contributed by atoms with van der Waals surface area (Å²) in [7, 11) is 0. The zero-order valence-corrected chi connectivity index (χ0v) is 13.5. The van der Waals surface area contributed by atoms with Crippen molar-refractivity contribution in [2.24, 2.45) is 0 Å². The smallest absolute Gasteiger partial charge is 0.221 e. The molecule has 0 aromatic heterocycles. The lowest BCUT2D eigenvalue weighted by Gasteiger charge is -2.26. The normalized spacial score (nSPS) is 16.8. The van der Waals surface area contributed by atoms with Crippen molar-refractivity contribution in [2.45, 2.75) is 13.0 Å². The van der Waals surface area contributed by atoms with E-state index in [9.17, 15) is 4.79 Å². The zero-order valence-electron chi connectivity index (χ0n) is 12.7. The van der Waals surface area contributed by atoms with Crippen LogP contribution in [0.2, 0.25) is 0 Å². The summed E-state index contributed by atoms with van der Waals surface area (Å²) in [5, 5.41) is 9.81. The van der Waals surface area contributed by atoms with Crippen molar-refractivity contribution in [3.63, 3.8) is 0 Å². The molecule has 116 valence electrons. The molecule has 2 aromatic rings. The zero-order chi connectivity index (χ0) is 16.2. The molecule has 3 rings (SSSR count). The average molecular weight is 323 g/mol. The molecule has 1 amide bonds. The molecule has 0 saturated heterocycles. The Hall–Kier alpha value is -2.66. The minimum atomic E-state index is -0.0785. The van der Waals surface area contributed by atoms with Crippen molar-refractivity contribution in [1.82, 2.24) is 10.6 Å². The monoisotopic (exact) mass is 323 g/mol. The van der Waals surface area contributed by atoms with Crippen LogP contribution < -0.4 is 16.0 Å². The lowest BCUT2D eigenvalue weighted by atomic mass is 10.0. The average Bonchev–Trinajstić information content (AvgIpc) is 2.55. The van der Waals surface area contributed by atoms with Gasteiger partial charge in [0.2, 0.25) is 5.91 Å². The van der Waals surface area contributed by atoms with Gasteiger partial charge in [-0.15, -0.1) is 0 Å². The van der Waals surface area contributed by atoms with E-state index in [2.05, 4.69) is 22.0 Å². The van der Waals surface area contributed by atoms with E-state index in [4.69, 9.17) is 12.2 Å². The second-order valence-electron chi connectivity index (χ2n) is 5.33. The number of hydrogen-bond acceptors (Lipinski definition) is 2. The number of carbonyl (C=O) groups is 1. The van der Waals surface area contributed by atoms with Crippen LogP contribution in [0, 0.1) is 0 Å². The van der Waals surface area contributed by atoms with Crippen LogP contribution in [-0.4, -0.2) is 11.0 Å². The molecule has 0 saturated carbocycles. The fourth-order valence-corrected chi connectivity index (χ4v) is 2.73. The maximum absolute atomic E-state index is 11.1. The highest BCUT2D eigenvalue weighted by molar-refractivity contribution is 7.80. The highest BCUT2D eigenvalue weighted by Gasteiger charge is 2.18. The summed E-state index contributed by atoms with van der Waals surface area (Å²) in [5.41, 5.74) is 3.95. The van der Waals surface area contributed by atoms with Crippen molar-refractivity contribution in [1.29, 1.82) is 0 Å². The number of carbonyl (C=O) groups excluding carboxylic acids is 1. The van der Waals surface area contributed by atoms with Crippen molar-refractivity contribution in [2.75, 3.05) is 5.32 Å². The van der Waals surface area contributed by atoms with Crippen molar-refractivity contribution >= 4 is 34.6 Å². The summed E-state index contributed by atoms with van der Waals surface area (Å²) in [4.78, 5) is 11.1. The Labute approximate surface area is 140 Å². The van der Waals surface area contributed by atoms with Gasteiger partial charge in [0.05, 0.1) is 6.04 Å². The van der Waals surface area contributed by atoms with E-state index in [1.165, 1.54) is 6.92 Å². The minimum Gasteiger partial charge on any atom is -0.352 e. The molecule has 4 nitrogen and oxygen atoms in total. The third-order valence-electron chi connectivity index (χ3n) is 3.54. The molecule has 0 aliphatic carbocycles. The quantitative estimate of drug-likeness (QED) is 0.759. The van der Waals surface area contributed by atoms with Gasteiger partial charge in [-0.05, 0) is 41.6 Å². The molecule has 0 fully saturated rings. The Balaban J connectivity index is 1.86. The highest BCUT2D eigenvalue weighted by atomic mass is 32.1. The molecule has 3 N–H and O–H groups in total. The third-order valence-corrected chi connectivity index (χ3v) is 3.76. The van der Waals surface area contributed by atoms with E-state index in [0.29, 0.717) is 5.11 Å². The molecular formula is C18H17N3OS. The maximum atomic E-state index is 11.1. The third kappa shape index (κ3) is 3.76. The van der Waals surface area contributed by atoms with Crippen LogP contribution in [0.25, 0.3) is 5.70 Å². The summed E-state index contributed by atoms with van der Waals surface area (Å²) in [6, 6.07) is 17.8. The van der Waals surface area contributed by atoms with Gasteiger partial charge in [-0.25, -0.2) is 0 Å². The standard InChI is InChI=1S/C18H17N3OS/c1-12(22)19-15-9-7-14(8-10-15)17-11-16(20-18(23)21-17)13-5-3-2-4-6-13/h2-11,17H,1H3,(H,19,22)(H2,20,21,23)/t17-/m1/s1. The van der Waals surface area contributed by atoms with Crippen LogP contribution in [0.5, 0.6) is 0 Å². The first-order valence-electron chi connectivity index (χ1n) is 7.34. The lowest BCUT2D eigenvalue weighted by molar-refractivity contribution is -0.114. The van der Waals surface area contributed by atoms with E-state index in [1.807, 2.05) is 54.6 Å².